The summed E-state index contributed by atoms with van der Waals surface area (Å²) in [5.74, 6) is 0.467. The molecule has 2 aliphatic rings. The number of carbonyl (C=O) groups excluding carboxylic acids is 2. The molecule has 0 aromatic heterocycles. The van der Waals surface area contributed by atoms with Gasteiger partial charge in [-0.1, -0.05) is 30.3 Å². The zero-order valence-corrected chi connectivity index (χ0v) is 16.2. The largest absolute Gasteiger partial charge is 0.339 e. The maximum absolute atomic E-state index is 13.1. The van der Waals surface area contributed by atoms with Crippen LogP contribution in [-0.4, -0.2) is 60.4 Å². The Bertz CT molecular complexity index is 636. The minimum Gasteiger partial charge on any atom is -0.339 e. The van der Waals surface area contributed by atoms with Crippen LogP contribution in [-0.2, 0) is 15.0 Å². The molecule has 0 spiro atoms. The summed E-state index contributed by atoms with van der Waals surface area (Å²) >= 11 is 0. The first-order chi connectivity index (χ1) is 12.4. The molecule has 0 unspecified atom stereocenters. The predicted octanol–water partition coefficient (Wildman–Crippen LogP) is 2.02. The van der Waals surface area contributed by atoms with Crippen LogP contribution in [0.1, 0.15) is 39.2 Å². The molecule has 2 aliphatic heterocycles. The molecule has 26 heavy (non-hydrogen) atoms. The van der Waals surface area contributed by atoms with Gasteiger partial charge in [-0.25, -0.2) is 0 Å². The van der Waals surface area contributed by atoms with Gasteiger partial charge in [0.2, 0.25) is 11.8 Å². The summed E-state index contributed by atoms with van der Waals surface area (Å²) in [6.45, 7) is 9.59. The molecule has 2 fully saturated rings. The minimum atomic E-state index is -0.546. The fourth-order valence-corrected chi connectivity index (χ4v) is 4.12. The van der Waals surface area contributed by atoms with E-state index in [2.05, 4.69) is 12.2 Å². The van der Waals surface area contributed by atoms with Crippen molar-refractivity contribution in [2.24, 2.45) is 5.92 Å². The first-order valence-corrected chi connectivity index (χ1v) is 9.78. The van der Waals surface area contributed by atoms with Crippen molar-refractivity contribution in [3.8, 4) is 0 Å². The molecule has 0 radical (unpaired) electrons. The van der Waals surface area contributed by atoms with Crippen LogP contribution in [0.25, 0.3) is 0 Å². The highest BCUT2D eigenvalue weighted by Crippen LogP contribution is 2.27. The normalized spacial score (nSPS) is 24.4. The van der Waals surface area contributed by atoms with Gasteiger partial charge in [0.15, 0.2) is 0 Å². The summed E-state index contributed by atoms with van der Waals surface area (Å²) < 4.78 is 0. The Labute approximate surface area is 156 Å². The highest BCUT2D eigenvalue weighted by Gasteiger charge is 2.37. The van der Waals surface area contributed by atoms with Gasteiger partial charge in [0.1, 0.15) is 0 Å². The van der Waals surface area contributed by atoms with E-state index >= 15 is 0 Å². The van der Waals surface area contributed by atoms with Gasteiger partial charge in [-0.15, -0.1) is 0 Å². The van der Waals surface area contributed by atoms with Crippen molar-refractivity contribution in [3.63, 3.8) is 0 Å². The highest BCUT2D eigenvalue weighted by atomic mass is 16.2. The topological polar surface area (TPSA) is 52.7 Å². The van der Waals surface area contributed by atoms with E-state index in [1.807, 2.05) is 54.0 Å². The lowest BCUT2D eigenvalue weighted by Gasteiger charge is -2.41. The van der Waals surface area contributed by atoms with Gasteiger partial charge in [-0.05, 0) is 45.7 Å². The van der Waals surface area contributed by atoms with Crippen molar-refractivity contribution >= 4 is 11.8 Å². The zero-order valence-electron chi connectivity index (χ0n) is 16.2. The number of nitrogens with zero attached hydrogens (tertiary/aromatic N) is 2. The molecule has 1 N–H and O–H groups in total. The van der Waals surface area contributed by atoms with E-state index in [0.717, 1.165) is 24.9 Å². The van der Waals surface area contributed by atoms with Crippen LogP contribution >= 0.6 is 0 Å². The molecule has 2 amide bonds. The van der Waals surface area contributed by atoms with Crippen LogP contribution in [0, 0.1) is 5.92 Å². The molecule has 5 nitrogen and oxygen atoms in total. The number of piperidine rings is 1. The maximum atomic E-state index is 13.1. The second-order valence-corrected chi connectivity index (χ2v) is 8.10. The molecular weight excluding hydrogens is 326 g/mol. The lowest BCUT2D eigenvalue weighted by Crippen LogP contribution is -2.57. The third kappa shape index (κ3) is 3.78. The summed E-state index contributed by atoms with van der Waals surface area (Å²) in [7, 11) is 0. The Hall–Kier alpha value is -1.88. The van der Waals surface area contributed by atoms with Crippen LogP contribution in [0.3, 0.4) is 0 Å². The maximum Gasteiger partial charge on any atom is 0.232 e. The molecule has 3 rings (SSSR count). The lowest BCUT2D eigenvalue weighted by molar-refractivity contribution is -0.145. The van der Waals surface area contributed by atoms with Gasteiger partial charge in [0.05, 0.1) is 11.3 Å². The molecule has 142 valence electrons. The quantitative estimate of drug-likeness (QED) is 0.900. The van der Waals surface area contributed by atoms with Gasteiger partial charge >= 0.3 is 0 Å². The smallest absolute Gasteiger partial charge is 0.232 e. The molecule has 0 bridgehead atoms. The zero-order chi connectivity index (χ0) is 18.7. The first kappa shape index (κ1) is 18.9. The molecule has 0 saturated carbocycles. The Balaban J connectivity index is 1.59. The van der Waals surface area contributed by atoms with Crippen molar-refractivity contribution in [2.45, 2.75) is 45.1 Å². The van der Waals surface area contributed by atoms with Crippen LogP contribution < -0.4 is 5.32 Å². The molecule has 1 aromatic carbocycles. The number of hydrogen-bond acceptors (Lipinski definition) is 3. The molecule has 2 saturated heterocycles. The predicted molar refractivity (Wildman–Crippen MR) is 103 cm³/mol. The van der Waals surface area contributed by atoms with Crippen LogP contribution in [0.4, 0.5) is 0 Å². The van der Waals surface area contributed by atoms with Gasteiger partial charge in [-0.3, -0.25) is 9.59 Å². The van der Waals surface area contributed by atoms with Gasteiger partial charge < -0.3 is 15.1 Å². The van der Waals surface area contributed by atoms with Gasteiger partial charge in [-0.2, -0.15) is 0 Å². The minimum absolute atomic E-state index is 0.0757. The highest BCUT2D eigenvalue weighted by molar-refractivity contribution is 5.88. The summed E-state index contributed by atoms with van der Waals surface area (Å²) in [6.07, 6.45) is 2.03. The van der Waals surface area contributed by atoms with Crippen molar-refractivity contribution < 1.29 is 9.59 Å². The van der Waals surface area contributed by atoms with Gasteiger partial charge in [0.25, 0.3) is 0 Å². The van der Waals surface area contributed by atoms with Crippen molar-refractivity contribution in [3.05, 3.63) is 35.9 Å². The third-order valence-electron chi connectivity index (χ3n) is 5.99. The SMILES string of the molecule is C[C@H]1NCCC[C@H]1C(=O)N1CCN(C(=O)C(C)(C)c2ccccc2)CC1. The fraction of sp³-hybridized carbons (Fsp3) is 0.619. The average Bonchev–Trinajstić information content (AvgIpc) is 2.68. The summed E-state index contributed by atoms with van der Waals surface area (Å²) in [4.78, 5) is 29.8. The number of carbonyl (C=O) groups is 2. The average molecular weight is 357 g/mol. The number of hydrogen-bond donors (Lipinski definition) is 1. The van der Waals surface area contributed by atoms with E-state index in [9.17, 15) is 9.59 Å². The van der Waals surface area contributed by atoms with Crippen molar-refractivity contribution in [1.29, 1.82) is 0 Å². The molecular formula is C21H31N3O2. The second-order valence-electron chi connectivity index (χ2n) is 8.10. The van der Waals surface area contributed by atoms with Crippen LogP contribution in [0.15, 0.2) is 30.3 Å². The summed E-state index contributed by atoms with van der Waals surface area (Å²) in [6, 6.07) is 10.2. The second kappa shape index (κ2) is 7.78. The number of piperazine rings is 1. The monoisotopic (exact) mass is 357 g/mol. The Kier molecular flexibility index (Phi) is 5.66. The lowest BCUT2D eigenvalue weighted by atomic mass is 9.83. The van der Waals surface area contributed by atoms with Crippen LogP contribution in [0.5, 0.6) is 0 Å². The van der Waals surface area contributed by atoms with Crippen LogP contribution in [0.2, 0.25) is 0 Å². The van der Waals surface area contributed by atoms with E-state index in [-0.39, 0.29) is 23.8 Å². The first-order valence-electron chi connectivity index (χ1n) is 9.78. The van der Waals surface area contributed by atoms with Gasteiger partial charge in [0, 0.05) is 32.2 Å². The molecule has 1 aromatic rings. The Morgan fingerprint density at radius 2 is 1.65 bits per heavy atom. The Morgan fingerprint density at radius 1 is 1.04 bits per heavy atom. The van der Waals surface area contributed by atoms with Crippen molar-refractivity contribution in [2.75, 3.05) is 32.7 Å². The summed E-state index contributed by atoms with van der Waals surface area (Å²) in [5, 5.41) is 3.41. The van der Waals surface area contributed by atoms with Crippen molar-refractivity contribution in [1.82, 2.24) is 15.1 Å². The number of nitrogens with one attached hydrogen (secondary N) is 1. The molecule has 2 heterocycles. The van der Waals surface area contributed by atoms with E-state index in [1.165, 1.54) is 0 Å². The van der Waals surface area contributed by atoms with E-state index in [4.69, 9.17) is 0 Å². The van der Waals surface area contributed by atoms with E-state index in [1.54, 1.807) is 0 Å². The molecule has 0 aliphatic carbocycles. The third-order valence-corrected chi connectivity index (χ3v) is 5.99. The summed E-state index contributed by atoms with van der Waals surface area (Å²) in [5.41, 5.74) is 0.487. The standard InChI is InChI=1S/C21H31N3O2/c1-16-18(10-7-11-22-16)19(25)23-12-14-24(15-13-23)20(26)21(2,3)17-8-5-4-6-9-17/h4-6,8-9,16,18,22H,7,10-15H2,1-3H3/t16-,18-/m1/s1. The molecule has 5 heteroatoms. The number of rotatable bonds is 3. The van der Waals surface area contributed by atoms with E-state index < -0.39 is 5.41 Å². The molecule has 2 atom stereocenters. The van der Waals surface area contributed by atoms with E-state index in [0.29, 0.717) is 26.2 Å². The Morgan fingerprint density at radius 3 is 2.27 bits per heavy atom. The number of amides is 2. The fourth-order valence-electron chi connectivity index (χ4n) is 4.12. The number of benzene rings is 1.